The molecule has 0 spiro atoms. The summed E-state index contributed by atoms with van der Waals surface area (Å²) >= 11 is 2.13. The van der Waals surface area contributed by atoms with Crippen molar-refractivity contribution in [2.75, 3.05) is 5.73 Å². The Bertz CT molecular complexity index is 291. The molecule has 0 atom stereocenters. The summed E-state index contributed by atoms with van der Waals surface area (Å²) < 4.78 is 0.881. The summed E-state index contributed by atoms with van der Waals surface area (Å²) in [5, 5.41) is 0. The maximum absolute atomic E-state index is 5.70. The van der Waals surface area contributed by atoms with Gasteiger partial charge in [0.15, 0.2) is 0 Å². The lowest BCUT2D eigenvalue weighted by atomic mass is 9.92. The van der Waals surface area contributed by atoms with Crippen LogP contribution in [0.4, 0.5) is 5.82 Å². The molecular formula is C8H12IN3. The molecule has 0 aromatic carbocycles. The average Bonchev–Trinajstić information content (AvgIpc) is 1.92. The van der Waals surface area contributed by atoms with Gasteiger partial charge in [-0.15, -0.1) is 0 Å². The first-order valence-electron chi connectivity index (χ1n) is 3.70. The minimum atomic E-state index is -0.0295. The molecule has 0 aliphatic heterocycles. The van der Waals surface area contributed by atoms with Crippen molar-refractivity contribution in [3.05, 3.63) is 15.6 Å². The first-order chi connectivity index (χ1) is 5.41. The number of rotatable bonds is 0. The van der Waals surface area contributed by atoms with Gasteiger partial charge in [-0.3, -0.25) is 0 Å². The van der Waals surface area contributed by atoms with Gasteiger partial charge in [0.2, 0.25) is 0 Å². The zero-order chi connectivity index (χ0) is 9.35. The van der Waals surface area contributed by atoms with E-state index in [0.717, 1.165) is 9.39 Å². The Hall–Kier alpha value is -0.390. The van der Waals surface area contributed by atoms with Crippen LogP contribution >= 0.6 is 22.6 Å². The normalized spacial score (nSPS) is 11.7. The molecule has 0 radical (unpaired) electrons. The van der Waals surface area contributed by atoms with Gasteiger partial charge in [-0.1, -0.05) is 20.8 Å². The number of anilines is 1. The molecule has 0 fully saturated rings. The van der Waals surface area contributed by atoms with Gasteiger partial charge in [0.05, 0.1) is 11.9 Å². The Morgan fingerprint density at radius 1 is 1.42 bits per heavy atom. The van der Waals surface area contributed by atoms with Crippen molar-refractivity contribution >= 4 is 28.4 Å². The highest BCUT2D eigenvalue weighted by Gasteiger charge is 2.19. The Kier molecular flexibility index (Phi) is 2.55. The molecule has 2 N–H and O–H groups in total. The first-order valence-corrected chi connectivity index (χ1v) is 4.77. The van der Waals surface area contributed by atoms with Crippen LogP contribution < -0.4 is 5.73 Å². The fourth-order valence-corrected chi connectivity index (χ4v) is 1.31. The monoisotopic (exact) mass is 277 g/mol. The van der Waals surface area contributed by atoms with Gasteiger partial charge in [0.25, 0.3) is 0 Å². The quantitative estimate of drug-likeness (QED) is 0.737. The van der Waals surface area contributed by atoms with Gasteiger partial charge in [-0.2, -0.15) is 0 Å². The number of halogens is 1. The SMILES string of the molecule is CC(C)(C)c1nc(I)cnc1N. The fraction of sp³-hybridized carbons (Fsp3) is 0.500. The summed E-state index contributed by atoms with van der Waals surface area (Å²) in [5.74, 6) is 0.530. The van der Waals surface area contributed by atoms with Crippen molar-refractivity contribution in [1.82, 2.24) is 9.97 Å². The Morgan fingerprint density at radius 3 is 2.42 bits per heavy atom. The Morgan fingerprint density at radius 2 is 2.00 bits per heavy atom. The molecule has 1 rings (SSSR count). The van der Waals surface area contributed by atoms with Crippen molar-refractivity contribution in [1.29, 1.82) is 0 Å². The maximum Gasteiger partial charge on any atom is 0.145 e. The molecule has 12 heavy (non-hydrogen) atoms. The van der Waals surface area contributed by atoms with E-state index in [4.69, 9.17) is 5.73 Å². The van der Waals surface area contributed by atoms with Crippen LogP contribution in [0.1, 0.15) is 26.5 Å². The number of hydrogen-bond donors (Lipinski definition) is 1. The van der Waals surface area contributed by atoms with Gasteiger partial charge >= 0.3 is 0 Å². The molecule has 0 unspecified atom stereocenters. The largest absolute Gasteiger partial charge is 0.382 e. The number of aromatic nitrogens is 2. The number of nitrogens with zero attached hydrogens (tertiary/aromatic N) is 2. The third-order valence-electron chi connectivity index (χ3n) is 1.48. The van der Waals surface area contributed by atoms with E-state index in [1.54, 1.807) is 6.20 Å². The zero-order valence-electron chi connectivity index (χ0n) is 7.43. The van der Waals surface area contributed by atoms with Gasteiger partial charge in [-0.25, -0.2) is 9.97 Å². The molecule has 0 amide bonds. The highest BCUT2D eigenvalue weighted by molar-refractivity contribution is 14.1. The summed E-state index contributed by atoms with van der Waals surface area (Å²) in [7, 11) is 0. The lowest BCUT2D eigenvalue weighted by molar-refractivity contribution is 0.567. The third-order valence-corrected chi connectivity index (χ3v) is 2.00. The Labute approximate surface area is 85.9 Å². The molecule has 0 aliphatic carbocycles. The highest BCUT2D eigenvalue weighted by atomic mass is 127. The second-order valence-electron chi connectivity index (χ2n) is 3.68. The second kappa shape index (κ2) is 3.16. The minimum absolute atomic E-state index is 0.0295. The molecular weight excluding hydrogens is 265 g/mol. The average molecular weight is 277 g/mol. The second-order valence-corrected chi connectivity index (χ2v) is 4.78. The summed E-state index contributed by atoms with van der Waals surface area (Å²) in [6.07, 6.45) is 1.67. The summed E-state index contributed by atoms with van der Waals surface area (Å²) in [5.41, 5.74) is 6.54. The number of nitrogens with two attached hydrogens (primary N) is 1. The van der Waals surface area contributed by atoms with Crippen LogP contribution in [0.25, 0.3) is 0 Å². The van der Waals surface area contributed by atoms with E-state index >= 15 is 0 Å². The van der Waals surface area contributed by atoms with Gasteiger partial charge < -0.3 is 5.73 Å². The predicted octanol–water partition coefficient (Wildman–Crippen LogP) is 1.96. The van der Waals surface area contributed by atoms with E-state index in [-0.39, 0.29) is 5.41 Å². The highest BCUT2D eigenvalue weighted by Crippen LogP contribution is 2.24. The van der Waals surface area contributed by atoms with Crippen LogP contribution in [0.2, 0.25) is 0 Å². The summed E-state index contributed by atoms with van der Waals surface area (Å²) in [6.45, 7) is 6.22. The molecule has 4 heteroatoms. The molecule has 0 aliphatic rings. The van der Waals surface area contributed by atoms with Gasteiger partial charge in [0.1, 0.15) is 9.52 Å². The lowest BCUT2D eigenvalue weighted by Gasteiger charge is -2.18. The van der Waals surface area contributed by atoms with E-state index in [1.807, 2.05) is 0 Å². The maximum atomic E-state index is 5.70. The zero-order valence-corrected chi connectivity index (χ0v) is 9.58. The van der Waals surface area contributed by atoms with E-state index in [0.29, 0.717) is 5.82 Å². The molecule has 3 nitrogen and oxygen atoms in total. The number of hydrogen-bond acceptors (Lipinski definition) is 3. The lowest BCUT2D eigenvalue weighted by Crippen LogP contribution is -2.17. The van der Waals surface area contributed by atoms with Gasteiger partial charge in [0, 0.05) is 5.41 Å². The van der Waals surface area contributed by atoms with Crippen molar-refractivity contribution in [2.24, 2.45) is 0 Å². The molecule has 1 aromatic rings. The molecule has 0 bridgehead atoms. The minimum Gasteiger partial charge on any atom is -0.382 e. The molecule has 1 heterocycles. The molecule has 0 saturated carbocycles. The van der Waals surface area contributed by atoms with Crippen LogP contribution in [0.3, 0.4) is 0 Å². The fourth-order valence-electron chi connectivity index (χ4n) is 0.929. The summed E-state index contributed by atoms with van der Waals surface area (Å²) in [4.78, 5) is 8.40. The molecule has 66 valence electrons. The van der Waals surface area contributed by atoms with E-state index in [2.05, 4.69) is 53.3 Å². The molecule has 0 saturated heterocycles. The number of nitrogen functional groups attached to an aromatic ring is 1. The Balaban J connectivity index is 3.23. The standard InChI is InChI=1S/C8H12IN3/c1-8(2,3)6-7(10)11-4-5(9)12-6/h4H,1-3H3,(H2,10,11). The third kappa shape index (κ3) is 2.06. The predicted molar refractivity (Wildman–Crippen MR) is 57.9 cm³/mol. The van der Waals surface area contributed by atoms with Gasteiger partial charge in [-0.05, 0) is 22.6 Å². The van der Waals surface area contributed by atoms with Crippen molar-refractivity contribution in [2.45, 2.75) is 26.2 Å². The van der Waals surface area contributed by atoms with Crippen molar-refractivity contribution < 1.29 is 0 Å². The molecule has 1 aromatic heterocycles. The van der Waals surface area contributed by atoms with Crippen molar-refractivity contribution in [3.63, 3.8) is 0 Å². The van der Waals surface area contributed by atoms with Crippen LogP contribution in [0.5, 0.6) is 0 Å². The van der Waals surface area contributed by atoms with Crippen molar-refractivity contribution in [3.8, 4) is 0 Å². The van der Waals surface area contributed by atoms with Crippen LogP contribution in [-0.4, -0.2) is 9.97 Å². The van der Waals surface area contributed by atoms with E-state index in [9.17, 15) is 0 Å². The van der Waals surface area contributed by atoms with Crippen LogP contribution in [0, 0.1) is 3.70 Å². The van der Waals surface area contributed by atoms with Crippen LogP contribution in [-0.2, 0) is 5.41 Å². The first kappa shape index (κ1) is 9.70. The van der Waals surface area contributed by atoms with E-state index in [1.165, 1.54) is 0 Å². The smallest absolute Gasteiger partial charge is 0.145 e. The van der Waals surface area contributed by atoms with Crippen LogP contribution in [0.15, 0.2) is 6.20 Å². The topological polar surface area (TPSA) is 51.8 Å². The van der Waals surface area contributed by atoms with E-state index < -0.39 is 0 Å². The summed E-state index contributed by atoms with van der Waals surface area (Å²) in [6, 6.07) is 0.